The largest absolute Gasteiger partial charge is 0.372 e. The summed E-state index contributed by atoms with van der Waals surface area (Å²) in [7, 11) is 2.12. The fourth-order valence-corrected chi connectivity index (χ4v) is 5.30. The fourth-order valence-electron chi connectivity index (χ4n) is 5.30. The van der Waals surface area contributed by atoms with Gasteiger partial charge in [-0.25, -0.2) is 4.39 Å². The van der Waals surface area contributed by atoms with Crippen LogP contribution in [0, 0.1) is 17.7 Å². The predicted octanol–water partition coefficient (Wildman–Crippen LogP) is 5.12. The Kier molecular flexibility index (Phi) is 3.93. The first kappa shape index (κ1) is 16.7. The molecule has 0 saturated heterocycles. The molecule has 0 amide bonds. The second kappa shape index (κ2) is 5.89. The van der Waals surface area contributed by atoms with E-state index in [-0.39, 0.29) is 5.82 Å². The molecule has 3 aliphatic rings. The Morgan fingerprint density at radius 3 is 2.56 bits per heavy atom. The lowest BCUT2D eigenvalue weighted by Crippen LogP contribution is -2.44. The van der Waals surface area contributed by atoms with Crippen LogP contribution in [-0.4, -0.2) is 24.5 Å². The number of nitrogens with zero attached hydrogens (tertiary/aromatic N) is 2. The van der Waals surface area contributed by atoms with Gasteiger partial charge in [0, 0.05) is 48.6 Å². The molecule has 2 heterocycles. The Labute approximate surface area is 151 Å². The fraction of sp³-hybridized carbons (Fsp3) is 0.545. The summed E-state index contributed by atoms with van der Waals surface area (Å²) in [5.41, 5.74) is 8.41. The second-order valence-electron chi connectivity index (χ2n) is 8.16. The van der Waals surface area contributed by atoms with Crippen LogP contribution in [-0.2, 0) is 6.42 Å². The van der Waals surface area contributed by atoms with E-state index in [4.69, 9.17) is 0 Å². The third-order valence-electron chi connectivity index (χ3n) is 6.45. The molecule has 2 nitrogen and oxygen atoms in total. The average molecular weight is 340 g/mol. The summed E-state index contributed by atoms with van der Waals surface area (Å²) in [6, 6.07) is 5.79. The molecule has 25 heavy (non-hydrogen) atoms. The molecule has 0 spiro atoms. The molecule has 2 atom stereocenters. The molecular weight excluding hydrogens is 311 g/mol. The summed E-state index contributed by atoms with van der Waals surface area (Å²) in [5.74, 6) is 0.723. The first-order valence-corrected chi connectivity index (χ1v) is 9.64. The van der Waals surface area contributed by atoms with Gasteiger partial charge < -0.3 is 9.80 Å². The number of allylic oxidation sites excluding steroid dienone is 2. The van der Waals surface area contributed by atoms with Crippen LogP contribution in [0.3, 0.4) is 0 Å². The quantitative estimate of drug-likeness (QED) is 0.700. The first-order valence-electron chi connectivity index (χ1n) is 9.64. The highest BCUT2D eigenvalue weighted by Crippen LogP contribution is 2.49. The Bertz CT molecular complexity index is 774. The number of anilines is 1. The molecule has 2 aliphatic heterocycles. The maximum atomic E-state index is 13.8. The maximum Gasteiger partial charge on any atom is 0.125 e. The van der Waals surface area contributed by atoms with E-state index in [1.165, 1.54) is 24.1 Å². The van der Waals surface area contributed by atoms with Crippen molar-refractivity contribution in [3.05, 3.63) is 52.1 Å². The van der Waals surface area contributed by atoms with Gasteiger partial charge >= 0.3 is 0 Å². The van der Waals surface area contributed by atoms with E-state index in [2.05, 4.69) is 44.5 Å². The van der Waals surface area contributed by atoms with Crippen molar-refractivity contribution < 1.29 is 4.39 Å². The van der Waals surface area contributed by atoms with E-state index in [0.717, 1.165) is 18.7 Å². The minimum atomic E-state index is -0.146. The summed E-state index contributed by atoms with van der Waals surface area (Å²) in [6.07, 6.45) is 3.44. The molecule has 0 saturated carbocycles. The summed E-state index contributed by atoms with van der Waals surface area (Å²) in [5, 5.41) is 0. The number of hydrogen-bond donors (Lipinski definition) is 0. The number of rotatable bonds is 1. The van der Waals surface area contributed by atoms with E-state index in [1.807, 2.05) is 6.07 Å². The molecule has 1 aromatic carbocycles. The topological polar surface area (TPSA) is 6.48 Å². The summed E-state index contributed by atoms with van der Waals surface area (Å²) < 4.78 is 13.8. The van der Waals surface area contributed by atoms with Crippen molar-refractivity contribution in [1.29, 1.82) is 0 Å². The zero-order valence-electron chi connectivity index (χ0n) is 16.1. The molecular formula is C22H29FN2. The van der Waals surface area contributed by atoms with Crippen LogP contribution in [0.5, 0.6) is 0 Å². The minimum absolute atomic E-state index is 0.146. The van der Waals surface area contributed by atoms with E-state index < -0.39 is 0 Å². The molecule has 1 aromatic rings. The van der Waals surface area contributed by atoms with Crippen molar-refractivity contribution in [1.82, 2.24) is 4.90 Å². The highest BCUT2D eigenvalue weighted by atomic mass is 19.1. The van der Waals surface area contributed by atoms with Crippen LogP contribution >= 0.6 is 0 Å². The van der Waals surface area contributed by atoms with Crippen LogP contribution in [0.15, 0.2) is 40.7 Å². The van der Waals surface area contributed by atoms with Gasteiger partial charge in [-0.15, -0.1) is 0 Å². The van der Waals surface area contributed by atoms with Crippen molar-refractivity contribution in [3.8, 4) is 0 Å². The Hall–Kier alpha value is -1.77. The molecule has 0 aromatic heterocycles. The van der Waals surface area contributed by atoms with E-state index in [9.17, 15) is 4.39 Å². The lowest BCUT2D eigenvalue weighted by atomic mass is 9.72. The minimum Gasteiger partial charge on any atom is -0.372 e. The van der Waals surface area contributed by atoms with E-state index in [0.29, 0.717) is 17.9 Å². The van der Waals surface area contributed by atoms with Crippen molar-refractivity contribution in [2.24, 2.45) is 11.8 Å². The first-order chi connectivity index (χ1) is 11.9. The zero-order chi connectivity index (χ0) is 17.9. The molecule has 2 unspecified atom stereocenters. The van der Waals surface area contributed by atoms with Gasteiger partial charge in [-0.2, -0.15) is 0 Å². The standard InChI is InChI=1S/C22H29FN2/c1-13(2)25-10-6-7-18-14(3)19-11-16-8-9-17(23)12-20(16)24(5)21(19)15(4)22(18)25/h8-9,12-15H,6-7,10-11H2,1-5H3. The maximum absolute atomic E-state index is 13.8. The SMILES string of the molecule is CC1C2=C(C(C)C3=C1CCCN3C(C)C)N(C)c1cc(F)ccc1C2. The van der Waals surface area contributed by atoms with Crippen LogP contribution in [0.25, 0.3) is 0 Å². The monoisotopic (exact) mass is 340 g/mol. The van der Waals surface area contributed by atoms with Crippen LogP contribution < -0.4 is 4.90 Å². The highest BCUT2D eigenvalue weighted by Gasteiger charge is 2.40. The third kappa shape index (κ3) is 2.43. The summed E-state index contributed by atoms with van der Waals surface area (Å²) >= 11 is 0. The number of benzene rings is 1. The van der Waals surface area contributed by atoms with Gasteiger partial charge in [0.1, 0.15) is 5.82 Å². The van der Waals surface area contributed by atoms with Gasteiger partial charge in [0.2, 0.25) is 0 Å². The van der Waals surface area contributed by atoms with Gasteiger partial charge in [-0.05, 0) is 62.0 Å². The molecule has 0 radical (unpaired) electrons. The van der Waals surface area contributed by atoms with Crippen molar-refractivity contribution in [2.45, 2.75) is 53.0 Å². The van der Waals surface area contributed by atoms with E-state index >= 15 is 0 Å². The van der Waals surface area contributed by atoms with Crippen molar-refractivity contribution in [3.63, 3.8) is 0 Å². The van der Waals surface area contributed by atoms with Gasteiger partial charge in [0.15, 0.2) is 0 Å². The van der Waals surface area contributed by atoms with Crippen LogP contribution in [0.2, 0.25) is 0 Å². The van der Waals surface area contributed by atoms with Gasteiger partial charge in [0.05, 0.1) is 0 Å². The normalized spacial score (nSPS) is 26.0. The third-order valence-corrected chi connectivity index (χ3v) is 6.45. The van der Waals surface area contributed by atoms with Gasteiger partial charge in [0.25, 0.3) is 0 Å². The summed E-state index contributed by atoms with van der Waals surface area (Å²) in [6.45, 7) is 10.5. The lowest BCUT2D eigenvalue weighted by Gasteiger charge is -2.49. The molecule has 0 N–H and O–H groups in total. The number of hydrogen-bond acceptors (Lipinski definition) is 2. The van der Waals surface area contributed by atoms with Gasteiger partial charge in [-0.1, -0.05) is 19.9 Å². The molecule has 134 valence electrons. The summed E-state index contributed by atoms with van der Waals surface area (Å²) in [4.78, 5) is 4.87. The zero-order valence-corrected chi connectivity index (χ0v) is 16.1. The van der Waals surface area contributed by atoms with Crippen molar-refractivity contribution >= 4 is 5.69 Å². The molecule has 4 rings (SSSR count). The molecule has 3 heteroatoms. The van der Waals surface area contributed by atoms with Crippen LogP contribution in [0.1, 0.15) is 46.1 Å². The lowest BCUT2D eigenvalue weighted by molar-refractivity contribution is 0.229. The van der Waals surface area contributed by atoms with E-state index in [1.54, 1.807) is 29.0 Å². The van der Waals surface area contributed by atoms with Gasteiger partial charge in [-0.3, -0.25) is 0 Å². The number of halogens is 1. The molecule has 1 aliphatic carbocycles. The van der Waals surface area contributed by atoms with Crippen molar-refractivity contribution in [2.75, 3.05) is 18.5 Å². The molecule has 0 bridgehead atoms. The smallest absolute Gasteiger partial charge is 0.125 e. The average Bonchev–Trinajstić information content (AvgIpc) is 2.59. The second-order valence-corrected chi connectivity index (χ2v) is 8.16. The van der Waals surface area contributed by atoms with Crippen LogP contribution in [0.4, 0.5) is 10.1 Å². The Balaban J connectivity index is 1.82. The predicted molar refractivity (Wildman–Crippen MR) is 102 cm³/mol. The molecule has 0 fully saturated rings. The highest BCUT2D eigenvalue weighted by molar-refractivity contribution is 5.65. The Morgan fingerprint density at radius 1 is 1.08 bits per heavy atom. The Morgan fingerprint density at radius 2 is 1.84 bits per heavy atom. The number of fused-ring (bicyclic) bond motifs is 1.